The van der Waals surface area contributed by atoms with Gasteiger partial charge in [0.15, 0.2) is 5.82 Å². The van der Waals surface area contributed by atoms with Gasteiger partial charge in [-0.15, -0.1) is 0 Å². The zero-order valence-corrected chi connectivity index (χ0v) is 11.6. The van der Waals surface area contributed by atoms with Crippen molar-refractivity contribution in [3.8, 4) is 0 Å². The molecule has 1 amide bonds. The summed E-state index contributed by atoms with van der Waals surface area (Å²) in [5.41, 5.74) is 0.884. The molecule has 0 saturated heterocycles. The molecule has 1 N–H and O–H groups in total. The molecule has 0 aliphatic carbocycles. The Morgan fingerprint density at radius 2 is 2.11 bits per heavy atom. The van der Waals surface area contributed by atoms with E-state index in [9.17, 15) is 4.79 Å². The Morgan fingerprint density at radius 1 is 1.44 bits per heavy atom. The summed E-state index contributed by atoms with van der Waals surface area (Å²) in [6.07, 6.45) is 5.75. The van der Waals surface area contributed by atoms with Gasteiger partial charge in [0.05, 0.1) is 4.47 Å². The van der Waals surface area contributed by atoms with E-state index in [1.165, 1.54) is 6.92 Å². The molecule has 0 fully saturated rings. The number of anilines is 1. The van der Waals surface area contributed by atoms with E-state index in [2.05, 4.69) is 36.3 Å². The van der Waals surface area contributed by atoms with Gasteiger partial charge in [-0.1, -0.05) is 0 Å². The molecule has 0 spiro atoms. The molecule has 2 heterocycles. The van der Waals surface area contributed by atoms with Crippen LogP contribution in [0.15, 0.2) is 23.1 Å². The first-order chi connectivity index (χ1) is 8.54. The van der Waals surface area contributed by atoms with Gasteiger partial charge in [-0.05, 0) is 15.9 Å². The third-order valence-electron chi connectivity index (χ3n) is 2.22. The van der Waals surface area contributed by atoms with Crippen LogP contribution in [0.2, 0.25) is 0 Å². The summed E-state index contributed by atoms with van der Waals surface area (Å²) in [5, 5.41) is 6.87. The smallest absolute Gasteiger partial charge is 0.222 e. The highest BCUT2D eigenvalue weighted by Crippen LogP contribution is 2.16. The molecule has 6 nitrogen and oxygen atoms in total. The van der Waals surface area contributed by atoms with Crippen molar-refractivity contribution >= 4 is 27.7 Å². The highest BCUT2D eigenvalue weighted by molar-refractivity contribution is 9.10. The van der Waals surface area contributed by atoms with Gasteiger partial charge >= 0.3 is 0 Å². The maximum atomic E-state index is 11.1. The first-order valence-electron chi connectivity index (χ1n) is 5.31. The van der Waals surface area contributed by atoms with Crippen LogP contribution >= 0.6 is 15.9 Å². The van der Waals surface area contributed by atoms with Crippen molar-refractivity contribution in [3.05, 3.63) is 34.5 Å². The van der Waals surface area contributed by atoms with Crippen molar-refractivity contribution in [2.24, 2.45) is 7.05 Å². The van der Waals surface area contributed by atoms with Gasteiger partial charge in [0.1, 0.15) is 5.82 Å². The Hall–Kier alpha value is -1.76. The van der Waals surface area contributed by atoms with Crippen molar-refractivity contribution < 1.29 is 4.79 Å². The second-order valence-electron chi connectivity index (χ2n) is 3.85. The fourth-order valence-electron chi connectivity index (χ4n) is 1.54. The first-order valence-corrected chi connectivity index (χ1v) is 6.10. The Balaban J connectivity index is 2.22. The lowest BCUT2D eigenvalue weighted by Crippen LogP contribution is -2.09. The van der Waals surface area contributed by atoms with Gasteiger partial charge in [0.25, 0.3) is 0 Å². The predicted molar refractivity (Wildman–Crippen MR) is 70.0 cm³/mol. The maximum absolute atomic E-state index is 11.1. The van der Waals surface area contributed by atoms with Crippen LogP contribution in [0.1, 0.15) is 18.3 Å². The van der Waals surface area contributed by atoms with Crippen molar-refractivity contribution in [1.29, 1.82) is 0 Å². The summed E-state index contributed by atoms with van der Waals surface area (Å²) >= 11 is 3.28. The summed E-state index contributed by atoms with van der Waals surface area (Å²) in [5.74, 6) is 1.08. The van der Waals surface area contributed by atoms with E-state index in [0.29, 0.717) is 18.1 Å². The molecule has 0 aliphatic rings. The van der Waals surface area contributed by atoms with E-state index in [4.69, 9.17) is 0 Å². The molecule has 94 valence electrons. The molecule has 0 aliphatic heterocycles. The second-order valence-corrected chi connectivity index (χ2v) is 4.77. The number of aryl methyl sites for hydroxylation is 1. The maximum Gasteiger partial charge on any atom is 0.222 e. The summed E-state index contributed by atoms with van der Waals surface area (Å²) in [6, 6.07) is 0. The molecular formula is C11H12BrN5O. The number of nitrogens with zero attached hydrogens (tertiary/aromatic N) is 4. The Kier molecular flexibility index (Phi) is 3.71. The number of nitrogens with one attached hydrogen (secondary N) is 1. The lowest BCUT2D eigenvalue weighted by atomic mass is 10.2. The van der Waals surface area contributed by atoms with E-state index < -0.39 is 0 Å². The fraction of sp³-hybridized carbons (Fsp3) is 0.273. The molecule has 0 bridgehead atoms. The van der Waals surface area contributed by atoms with Crippen LogP contribution < -0.4 is 5.32 Å². The number of amides is 1. The van der Waals surface area contributed by atoms with Crippen molar-refractivity contribution in [2.45, 2.75) is 13.3 Å². The van der Waals surface area contributed by atoms with E-state index >= 15 is 0 Å². The summed E-state index contributed by atoms with van der Waals surface area (Å²) in [4.78, 5) is 19.5. The predicted octanol–water partition coefficient (Wildman–Crippen LogP) is 1.52. The quantitative estimate of drug-likeness (QED) is 0.933. The SMILES string of the molecule is CC(=O)Nc1nn(C)cc1Cc1ncc(Br)cn1. The van der Waals surface area contributed by atoms with Crippen LogP contribution in [0.25, 0.3) is 0 Å². The number of carbonyl (C=O) groups is 1. The van der Waals surface area contributed by atoms with Crippen LogP contribution in [0.5, 0.6) is 0 Å². The fourth-order valence-corrected chi connectivity index (χ4v) is 1.74. The average Bonchev–Trinajstić information content (AvgIpc) is 2.61. The van der Waals surface area contributed by atoms with Crippen molar-refractivity contribution in [1.82, 2.24) is 19.7 Å². The minimum absolute atomic E-state index is 0.147. The number of halogens is 1. The monoisotopic (exact) mass is 309 g/mol. The summed E-state index contributed by atoms with van der Waals surface area (Å²) < 4.78 is 2.49. The van der Waals surface area contributed by atoms with E-state index in [-0.39, 0.29) is 5.91 Å². The highest BCUT2D eigenvalue weighted by Gasteiger charge is 2.10. The zero-order valence-electron chi connectivity index (χ0n) is 10.0. The van der Waals surface area contributed by atoms with Gasteiger partial charge in [-0.25, -0.2) is 9.97 Å². The Bertz CT molecular complexity index is 563. The standard InChI is InChI=1S/C11H12BrN5O/c1-7(18)15-11-8(6-17(2)16-11)3-10-13-4-9(12)5-14-10/h4-6H,3H2,1-2H3,(H,15,16,18). The number of hydrogen-bond acceptors (Lipinski definition) is 4. The minimum Gasteiger partial charge on any atom is -0.309 e. The summed E-state index contributed by atoms with van der Waals surface area (Å²) in [7, 11) is 1.80. The highest BCUT2D eigenvalue weighted by atomic mass is 79.9. The lowest BCUT2D eigenvalue weighted by molar-refractivity contribution is -0.114. The molecule has 0 aromatic carbocycles. The minimum atomic E-state index is -0.147. The normalized spacial score (nSPS) is 10.4. The molecule has 2 aromatic rings. The molecule has 2 rings (SSSR count). The number of hydrogen-bond donors (Lipinski definition) is 1. The van der Waals surface area contributed by atoms with Crippen LogP contribution in [0.4, 0.5) is 5.82 Å². The van der Waals surface area contributed by atoms with Crippen LogP contribution in [0.3, 0.4) is 0 Å². The molecule has 0 atom stereocenters. The molecule has 0 saturated carbocycles. The van der Waals surface area contributed by atoms with Gasteiger partial charge in [-0.2, -0.15) is 5.10 Å². The van der Waals surface area contributed by atoms with Crippen molar-refractivity contribution in [3.63, 3.8) is 0 Å². The Morgan fingerprint density at radius 3 is 2.72 bits per heavy atom. The van der Waals surface area contributed by atoms with Crippen molar-refractivity contribution in [2.75, 3.05) is 5.32 Å². The van der Waals surface area contributed by atoms with Gasteiger partial charge in [0.2, 0.25) is 5.91 Å². The van der Waals surface area contributed by atoms with Crippen LogP contribution in [-0.4, -0.2) is 25.7 Å². The van der Waals surface area contributed by atoms with Crippen LogP contribution in [-0.2, 0) is 18.3 Å². The summed E-state index contributed by atoms with van der Waals surface area (Å²) in [6.45, 7) is 1.45. The number of rotatable bonds is 3. The molecule has 2 aromatic heterocycles. The number of aromatic nitrogens is 4. The second kappa shape index (κ2) is 5.26. The van der Waals surface area contributed by atoms with Gasteiger partial charge in [-0.3, -0.25) is 9.48 Å². The topological polar surface area (TPSA) is 72.7 Å². The molecule has 0 radical (unpaired) electrons. The van der Waals surface area contributed by atoms with E-state index in [0.717, 1.165) is 10.0 Å². The third kappa shape index (κ3) is 3.13. The first kappa shape index (κ1) is 12.7. The van der Waals surface area contributed by atoms with Gasteiger partial charge in [0, 0.05) is 44.5 Å². The van der Waals surface area contributed by atoms with Crippen LogP contribution in [0, 0.1) is 0 Å². The molecule has 18 heavy (non-hydrogen) atoms. The largest absolute Gasteiger partial charge is 0.309 e. The van der Waals surface area contributed by atoms with E-state index in [1.807, 2.05) is 6.20 Å². The Labute approximate surface area is 113 Å². The van der Waals surface area contributed by atoms with E-state index in [1.54, 1.807) is 24.1 Å². The van der Waals surface area contributed by atoms with Gasteiger partial charge < -0.3 is 5.32 Å². The molecule has 0 unspecified atom stereocenters. The zero-order chi connectivity index (χ0) is 13.1. The average molecular weight is 310 g/mol. The molecular weight excluding hydrogens is 298 g/mol. The number of carbonyl (C=O) groups excluding carboxylic acids is 1. The third-order valence-corrected chi connectivity index (χ3v) is 2.63. The molecule has 7 heteroatoms. The lowest BCUT2D eigenvalue weighted by Gasteiger charge is -2.01.